The van der Waals surface area contributed by atoms with Crippen LogP contribution in [0.3, 0.4) is 0 Å². The highest BCUT2D eigenvalue weighted by atomic mass is 16.8. The minimum Gasteiger partial charge on any atom is -0.477 e. The van der Waals surface area contributed by atoms with Gasteiger partial charge in [0.15, 0.2) is 18.9 Å². The summed E-state index contributed by atoms with van der Waals surface area (Å²) in [6, 6.07) is -6.53. The van der Waals surface area contributed by atoms with Gasteiger partial charge in [-0.1, -0.05) is 0 Å². The molecule has 91 heavy (non-hydrogen) atoms. The first-order valence-corrected chi connectivity index (χ1v) is 28.7. The van der Waals surface area contributed by atoms with Gasteiger partial charge in [-0.25, -0.2) is 9.59 Å². The molecule has 6 heterocycles. The van der Waals surface area contributed by atoms with E-state index in [-0.39, 0.29) is 0 Å². The van der Waals surface area contributed by atoms with E-state index in [1.165, 1.54) is 6.92 Å². The molecule has 6 aliphatic heterocycles. The van der Waals surface area contributed by atoms with Crippen LogP contribution in [-0.2, 0) is 80.9 Å². The predicted octanol–water partition coefficient (Wildman–Crippen LogP) is -14.0. The minimum atomic E-state index is -3.20. The molecule has 32 atom stereocenters. The highest BCUT2D eigenvalue weighted by Crippen LogP contribution is 2.41. The van der Waals surface area contributed by atoms with Gasteiger partial charge in [-0.15, -0.1) is 0 Å². The number of ether oxygens (including phenoxy) is 11. The first-order chi connectivity index (χ1) is 42.6. The number of carbonyl (C=O) groups excluding carboxylic acids is 4. The summed E-state index contributed by atoms with van der Waals surface area (Å²) in [6.45, 7) is -1.09. The Morgan fingerprint density at radius 2 is 0.824 bits per heavy atom. The minimum absolute atomic E-state index is 0.749. The van der Waals surface area contributed by atoms with Gasteiger partial charge in [0, 0.05) is 40.5 Å². The largest absolute Gasteiger partial charge is 0.477 e. The number of aliphatic hydroxyl groups is 17. The third-order valence-corrected chi connectivity index (χ3v) is 16.2. The molecule has 40 nitrogen and oxygen atoms in total. The summed E-state index contributed by atoms with van der Waals surface area (Å²) < 4.78 is 64.0. The number of amides is 4. The fourth-order valence-electron chi connectivity index (χ4n) is 11.7. The van der Waals surface area contributed by atoms with Crippen LogP contribution >= 0.6 is 0 Å². The van der Waals surface area contributed by atoms with Crippen LogP contribution in [0.4, 0.5) is 0 Å². The monoisotopic (exact) mass is 1330 g/mol. The average Bonchev–Trinajstić information content (AvgIpc) is 0.773. The molecule has 12 unspecified atom stereocenters. The van der Waals surface area contributed by atoms with Crippen molar-refractivity contribution in [3.63, 3.8) is 0 Å². The quantitative estimate of drug-likeness (QED) is 0.0382. The second-order valence-corrected chi connectivity index (χ2v) is 22.9. The van der Waals surface area contributed by atoms with E-state index in [0.717, 1.165) is 27.7 Å². The Hall–Kier alpha value is -4.30. The Kier molecular flexibility index (Phi) is 26.6. The molecule has 6 fully saturated rings. The number of rotatable bonds is 26. The van der Waals surface area contributed by atoms with Crippen LogP contribution in [0.5, 0.6) is 0 Å². The third-order valence-electron chi connectivity index (χ3n) is 16.2. The van der Waals surface area contributed by atoms with Gasteiger partial charge in [-0.05, 0) is 6.92 Å². The van der Waals surface area contributed by atoms with E-state index in [9.17, 15) is 126 Å². The molecule has 40 heteroatoms. The highest BCUT2D eigenvalue weighted by molar-refractivity contribution is 5.78. The normalized spacial score (nSPS) is 43.5. The molecule has 0 aliphatic carbocycles. The van der Waals surface area contributed by atoms with Crippen LogP contribution < -0.4 is 21.3 Å². The zero-order chi connectivity index (χ0) is 68.0. The first kappa shape index (κ1) is 75.7. The summed E-state index contributed by atoms with van der Waals surface area (Å²) in [6.07, 6.45) is -55.4. The van der Waals surface area contributed by atoms with Gasteiger partial charge in [-0.2, -0.15) is 0 Å². The standard InChI is InChI=1S/C51H84N4O36/c1-14-27(52-15(2)61)40(87-47-38(76)44(34(72)24(11-59)84-47)91-51(49(79)80)7-20(66)29(54-17(4)63)42(89-51)32(70)22(68)9-57)35(73)26(82-14)13-81-45-30(55-18(5)64)36(74)39(25(12-60)85-45)86-46-37(75)43(33(71)23(10-58)83-46)90-50(48(77)78)6-19(65)28(53-16(3)62)41(88-50)31(69)21(67)8-56/h14,19-47,56-60,65-76H,6-13H2,1-5H3,(H,52,61)(H,53,62)(H,54,63)(H,55,64)(H,77,78)(H,79,80)/t14-,19?,20?,21-,22-,23?,24?,25?,26?,27?,28-,29-,30?,31-,32-,33+,34+,35+,36-,37?,38?,39-,40-,41?,42?,43+,44+,45-,46+,47+,50-,51-/m1/s1. The van der Waals surface area contributed by atoms with E-state index >= 15 is 0 Å². The Balaban J connectivity index is 1.23. The van der Waals surface area contributed by atoms with Gasteiger partial charge in [0.2, 0.25) is 23.6 Å². The van der Waals surface area contributed by atoms with Crippen LogP contribution in [0, 0.1) is 0 Å². The Morgan fingerprint density at radius 3 is 1.20 bits per heavy atom. The number of carbonyl (C=O) groups is 6. The SMILES string of the molecule is CC(=O)NC1[C@H](OCC2O[C@H](C)C(NC(C)=O)[C@@H](O[C@@H]3OC(CO)[C@H](O)[C@H](O[C@@]4(C(=O)O)CC(O)[C@@H](NC(C)=O)C([C@H](O)[C@H](O)CO)O4)C3O)[C@H]2O)OC(CO)[C@@H](O[C@@H]2OC(CO)[C@H](O)[C@H](O[C@@]3(C(=O)O)CC(O)[C@@H](NC(C)=O)C([C@H](O)[C@H](O)CO)O3)C2O)[C@@H]1O. The summed E-state index contributed by atoms with van der Waals surface area (Å²) >= 11 is 0. The van der Waals surface area contributed by atoms with Crippen LogP contribution in [-0.4, -0.2) is 367 Å². The zero-order valence-electron chi connectivity index (χ0n) is 49.4. The van der Waals surface area contributed by atoms with Crippen LogP contribution in [0.2, 0.25) is 0 Å². The summed E-state index contributed by atoms with van der Waals surface area (Å²) in [5, 5.41) is 216. The second kappa shape index (κ2) is 32.0. The van der Waals surface area contributed by atoms with E-state index in [4.69, 9.17) is 52.1 Å². The number of carboxylic acids is 2. The lowest BCUT2D eigenvalue weighted by atomic mass is 9.88. The van der Waals surface area contributed by atoms with Crippen molar-refractivity contribution in [3.8, 4) is 0 Å². The summed E-state index contributed by atoms with van der Waals surface area (Å²) in [7, 11) is 0. The maximum Gasteiger partial charge on any atom is 0.364 e. The fourth-order valence-corrected chi connectivity index (χ4v) is 11.7. The van der Waals surface area contributed by atoms with Crippen molar-refractivity contribution in [2.75, 3.05) is 39.6 Å². The topological polar surface area (TPSA) is 636 Å². The molecular formula is C51H84N4O36. The Labute approximate surface area is 515 Å². The summed E-state index contributed by atoms with van der Waals surface area (Å²) in [5.41, 5.74) is 0. The van der Waals surface area contributed by atoms with Crippen molar-refractivity contribution in [1.82, 2.24) is 21.3 Å². The van der Waals surface area contributed by atoms with Crippen molar-refractivity contribution in [2.24, 2.45) is 0 Å². The summed E-state index contributed by atoms with van der Waals surface area (Å²) in [4.78, 5) is 75.7. The van der Waals surface area contributed by atoms with Crippen LogP contribution in [0.15, 0.2) is 0 Å². The molecular weight excluding hydrogens is 1240 g/mol. The van der Waals surface area contributed by atoms with E-state index in [1.54, 1.807) is 0 Å². The molecule has 0 aromatic rings. The fraction of sp³-hybridized carbons (Fsp3) is 0.882. The molecule has 0 aromatic carbocycles. The van der Waals surface area contributed by atoms with E-state index in [1.807, 2.05) is 0 Å². The van der Waals surface area contributed by atoms with Crippen molar-refractivity contribution >= 4 is 35.6 Å². The smallest absolute Gasteiger partial charge is 0.364 e. The molecule has 6 saturated heterocycles. The number of aliphatic carboxylic acids is 2. The van der Waals surface area contributed by atoms with Gasteiger partial charge in [0.25, 0.3) is 11.6 Å². The number of aliphatic hydroxyl groups excluding tert-OH is 17. The molecule has 0 spiro atoms. The van der Waals surface area contributed by atoms with Gasteiger partial charge in [0.05, 0.1) is 76.1 Å². The van der Waals surface area contributed by atoms with E-state index in [0.29, 0.717) is 0 Å². The number of hydrogen-bond acceptors (Lipinski definition) is 34. The number of carboxylic acid groups (broad SMARTS) is 2. The molecule has 0 bridgehead atoms. The van der Waals surface area contributed by atoms with Gasteiger partial charge < -0.3 is 170 Å². The molecule has 524 valence electrons. The van der Waals surface area contributed by atoms with E-state index in [2.05, 4.69) is 21.3 Å². The van der Waals surface area contributed by atoms with Crippen LogP contribution in [0.25, 0.3) is 0 Å². The molecule has 6 rings (SSSR count). The molecule has 6 aliphatic rings. The zero-order valence-corrected chi connectivity index (χ0v) is 49.4. The molecule has 0 aromatic heterocycles. The third kappa shape index (κ3) is 16.9. The Morgan fingerprint density at radius 1 is 0.462 bits per heavy atom. The van der Waals surface area contributed by atoms with Crippen molar-refractivity contribution < 1.29 is 178 Å². The molecule has 4 amide bonds. The van der Waals surface area contributed by atoms with Crippen molar-refractivity contribution in [3.05, 3.63) is 0 Å². The highest BCUT2D eigenvalue weighted by Gasteiger charge is 2.63. The molecule has 0 radical (unpaired) electrons. The number of hydrogen-bond donors (Lipinski definition) is 23. The summed E-state index contributed by atoms with van der Waals surface area (Å²) in [5.74, 6) is -13.8. The number of nitrogens with one attached hydrogen (secondary N) is 4. The lowest BCUT2D eigenvalue weighted by Crippen LogP contribution is -2.71. The second-order valence-electron chi connectivity index (χ2n) is 22.9. The Bertz CT molecular complexity index is 2450. The maximum absolute atomic E-state index is 13.1. The van der Waals surface area contributed by atoms with Gasteiger partial charge in [0.1, 0.15) is 128 Å². The van der Waals surface area contributed by atoms with Gasteiger partial charge in [-0.3, -0.25) is 19.2 Å². The molecule has 23 N–H and O–H groups in total. The van der Waals surface area contributed by atoms with Crippen LogP contribution in [0.1, 0.15) is 47.5 Å². The van der Waals surface area contributed by atoms with Crippen molar-refractivity contribution in [2.45, 2.75) is 242 Å². The maximum atomic E-state index is 13.1. The van der Waals surface area contributed by atoms with Crippen molar-refractivity contribution in [1.29, 1.82) is 0 Å². The predicted molar refractivity (Wildman–Crippen MR) is 283 cm³/mol. The first-order valence-electron chi connectivity index (χ1n) is 28.7. The van der Waals surface area contributed by atoms with E-state index < -0.39 is 283 Å². The average molecular weight is 1330 g/mol. The lowest BCUT2D eigenvalue weighted by molar-refractivity contribution is -0.383. The molecule has 0 saturated carbocycles. The van der Waals surface area contributed by atoms with Gasteiger partial charge >= 0.3 is 11.9 Å². The lowest BCUT2D eigenvalue weighted by Gasteiger charge is -2.51.